The second-order valence-electron chi connectivity index (χ2n) is 4.43. The van der Waals surface area contributed by atoms with E-state index in [0.717, 1.165) is 5.56 Å². The predicted molar refractivity (Wildman–Crippen MR) is 70.1 cm³/mol. The molecule has 0 radical (unpaired) electrons. The minimum absolute atomic E-state index is 0.0539. The van der Waals surface area contributed by atoms with Crippen molar-refractivity contribution in [3.63, 3.8) is 0 Å². The lowest BCUT2D eigenvalue weighted by atomic mass is 10.1. The Hall–Kier alpha value is -2.76. The fraction of sp³-hybridized carbons (Fsp3) is 0.143. The molecule has 100 valence electrons. The summed E-state index contributed by atoms with van der Waals surface area (Å²) in [6, 6.07) is 7.86. The van der Waals surface area contributed by atoms with Gasteiger partial charge in [-0.3, -0.25) is 14.9 Å². The van der Waals surface area contributed by atoms with Crippen LogP contribution < -0.4 is 4.74 Å². The normalized spacial score (nSPS) is 13.1. The van der Waals surface area contributed by atoms with E-state index in [0.29, 0.717) is 24.2 Å². The highest BCUT2D eigenvalue weighted by Crippen LogP contribution is 2.31. The van der Waals surface area contributed by atoms with E-state index in [-0.39, 0.29) is 17.4 Å². The van der Waals surface area contributed by atoms with Gasteiger partial charge in [0.15, 0.2) is 5.78 Å². The molecule has 0 fully saturated rings. The van der Waals surface area contributed by atoms with E-state index in [9.17, 15) is 14.9 Å². The standard InChI is InChI=1S/C14H10N2O4/c17-13-6-3-9-8-10(4-5-11(9)13)20-14-12(16(18)19)2-1-7-15-14/h1-2,4-5,7-8H,3,6H2. The zero-order valence-electron chi connectivity index (χ0n) is 10.4. The van der Waals surface area contributed by atoms with Crippen molar-refractivity contribution < 1.29 is 14.5 Å². The third kappa shape index (κ3) is 2.11. The number of pyridine rings is 1. The molecule has 2 aromatic rings. The van der Waals surface area contributed by atoms with Crippen LogP contribution in [-0.2, 0) is 6.42 Å². The van der Waals surface area contributed by atoms with E-state index in [2.05, 4.69) is 4.98 Å². The lowest BCUT2D eigenvalue weighted by Gasteiger charge is -2.06. The fourth-order valence-electron chi connectivity index (χ4n) is 2.21. The van der Waals surface area contributed by atoms with Gasteiger partial charge in [0.1, 0.15) is 5.75 Å². The molecule has 0 spiro atoms. The largest absolute Gasteiger partial charge is 0.434 e. The number of hydrogen-bond acceptors (Lipinski definition) is 5. The Labute approximate surface area is 114 Å². The van der Waals surface area contributed by atoms with Gasteiger partial charge < -0.3 is 4.74 Å². The quantitative estimate of drug-likeness (QED) is 0.632. The summed E-state index contributed by atoms with van der Waals surface area (Å²) >= 11 is 0. The van der Waals surface area contributed by atoms with Crippen LogP contribution in [0.2, 0.25) is 0 Å². The molecule has 1 heterocycles. The minimum atomic E-state index is -0.542. The van der Waals surface area contributed by atoms with Gasteiger partial charge in [-0.15, -0.1) is 0 Å². The van der Waals surface area contributed by atoms with Crippen LogP contribution in [0, 0.1) is 10.1 Å². The molecule has 1 aliphatic rings. The van der Waals surface area contributed by atoms with Crippen molar-refractivity contribution in [3.05, 3.63) is 57.8 Å². The average Bonchev–Trinajstić information content (AvgIpc) is 2.80. The van der Waals surface area contributed by atoms with Crippen molar-refractivity contribution in [2.24, 2.45) is 0 Å². The van der Waals surface area contributed by atoms with Gasteiger partial charge in [0, 0.05) is 24.2 Å². The number of ketones is 1. The first-order valence-corrected chi connectivity index (χ1v) is 6.08. The van der Waals surface area contributed by atoms with Crippen LogP contribution in [0.25, 0.3) is 0 Å². The first kappa shape index (κ1) is 12.3. The molecule has 1 aromatic heterocycles. The highest BCUT2D eigenvalue weighted by Gasteiger charge is 2.21. The van der Waals surface area contributed by atoms with Gasteiger partial charge in [0.2, 0.25) is 0 Å². The molecule has 20 heavy (non-hydrogen) atoms. The van der Waals surface area contributed by atoms with Crippen LogP contribution >= 0.6 is 0 Å². The van der Waals surface area contributed by atoms with E-state index in [1.165, 1.54) is 18.3 Å². The van der Waals surface area contributed by atoms with Crippen LogP contribution in [0.5, 0.6) is 11.6 Å². The lowest BCUT2D eigenvalue weighted by Crippen LogP contribution is -1.96. The maximum atomic E-state index is 11.5. The topological polar surface area (TPSA) is 82.3 Å². The second kappa shape index (κ2) is 4.73. The number of benzene rings is 1. The maximum absolute atomic E-state index is 11.5. The van der Waals surface area contributed by atoms with Crippen LogP contribution in [0.4, 0.5) is 5.69 Å². The first-order chi connectivity index (χ1) is 9.65. The van der Waals surface area contributed by atoms with Crippen molar-refractivity contribution in [1.29, 1.82) is 0 Å². The Morgan fingerprint density at radius 1 is 1.25 bits per heavy atom. The summed E-state index contributed by atoms with van der Waals surface area (Å²) in [5.41, 5.74) is 1.42. The van der Waals surface area contributed by atoms with E-state index in [1.54, 1.807) is 18.2 Å². The van der Waals surface area contributed by atoms with Crippen molar-refractivity contribution in [2.75, 3.05) is 0 Å². The summed E-state index contributed by atoms with van der Waals surface area (Å²) in [6.45, 7) is 0. The summed E-state index contributed by atoms with van der Waals surface area (Å²) < 4.78 is 5.47. The highest BCUT2D eigenvalue weighted by molar-refractivity contribution is 6.00. The zero-order valence-corrected chi connectivity index (χ0v) is 10.4. The number of aryl methyl sites for hydroxylation is 1. The van der Waals surface area contributed by atoms with E-state index in [1.807, 2.05) is 0 Å². The molecule has 0 saturated heterocycles. The molecule has 0 N–H and O–H groups in total. The monoisotopic (exact) mass is 270 g/mol. The average molecular weight is 270 g/mol. The number of hydrogen-bond donors (Lipinski definition) is 0. The van der Waals surface area contributed by atoms with Gasteiger partial charge in [0.05, 0.1) is 4.92 Å². The van der Waals surface area contributed by atoms with Crippen molar-refractivity contribution in [1.82, 2.24) is 4.98 Å². The fourth-order valence-corrected chi connectivity index (χ4v) is 2.21. The number of aromatic nitrogens is 1. The molecule has 0 bridgehead atoms. The highest BCUT2D eigenvalue weighted by atomic mass is 16.6. The number of carbonyl (C=O) groups excluding carboxylic acids is 1. The number of Topliss-reactive ketones (excluding diaryl/α,β-unsaturated/α-hetero) is 1. The van der Waals surface area contributed by atoms with Crippen molar-refractivity contribution >= 4 is 11.5 Å². The molecule has 0 aliphatic heterocycles. The van der Waals surface area contributed by atoms with Crippen LogP contribution in [0.1, 0.15) is 22.3 Å². The summed E-state index contributed by atoms with van der Waals surface area (Å²) in [5.74, 6) is 0.511. The first-order valence-electron chi connectivity index (χ1n) is 6.08. The molecule has 1 aliphatic carbocycles. The van der Waals surface area contributed by atoms with Crippen LogP contribution in [-0.4, -0.2) is 15.7 Å². The molecule has 0 amide bonds. The molecule has 0 saturated carbocycles. The molecule has 0 atom stereocenters. The summed E-state index contributed by atoms with van der Waals surface area (Å²) in [5, 5.41) is 10.9. The third-order valence-corrected chi connectivity index (χ3v) is 3.16. The Balaban J connectivity index is 1.93. The molecule has 3 rings (SSSR count). The Bertz CT molecular complexity index is 712. The molecule has 6 nitrogen and oxygen atoms in total. The SMILES string of the molecule is O=C1CCc2cc(Oc3ncccc3[N+](=O)[O-])ccc21. The van der Waals surface area contributed by atoms with Gasteiger partial charge in [-0.05, 0) is 36.2 Å². The number of rotatable bonds is 3. The number of fused-ring (bicyclic) bond motifs is 1. The van der Waals surface area contributed by atoms with Gasteiger partial charge in [-0.2, -0.15) is 0 Å². The van der Waals surface area contributed by atoms with Gasteiger partial charge >= 0.3 is 5.69 Å². The molecule has 0 unspecified atom stereocenters. The van der Waals surface area contributed by atoms with Crippen LogP contribution in [0.3, 0.4) is 0 Å². The van der Waals surface area contributed by atoms with E-state index >= 15 is 0 Å². The number of carbonyl (C=O) groups is 1. The second-order valence-corrected chi connectivity index (χ2v) is 4.43. The maximum Gasteiger partial charge on any atom is 0.331 e. The summed E-state index contributed by atoms with van der Waals surface area (Å²) in [7, 11) is 0. The number of nitro groups is 1. The molecular formula is C14H10N2O4. The minimum Gasteiger partial charge on any atom is -0.434 e. The summed E-state index contributed by atoms with van der Waals surface area (Å²) in [4.78, 5) is 25.7. The Morgan fingerprint density at radius 2 is 2.10 bits per heavy atom. The summed E-state index contributed by atoms with van der Waals surface area (Å²) in [6.07, 6.45) is 2.61. The molecular weight excluding hydrogens is 260 g/mol. The van der Waals surface area contributed by atoms with E-state index < -0.39 is 4.92 Å². The molecule has 6 heteroatoms. The zero-order chi connectivity index (χ0) is 14.1. The Morgan fingerprint density at radius 3 is 2.90 bits per heavy atom. The number of nitrogens with zero attached hydrogens (tertiary/aromatic N) is 2. The smallest absolute Gasteiger partial charge is 0.331 e. The third-order valence-electron chi connectivity index (χ3n) is 3.16. The number of ether oxygens (including phenoxy) is 1. The van der Waals surface area contributed by atoms with Gasteiger partial charge in [0.25, 0.3) is 5.88 Å². The van der Waals surface area contributed by atoms with Crippen LogP contribution in [0.15, 0.2) is 36.5 Å². The van der Waals surface area contributed by atoms with Crippen molar-refractivity contribution in [2.45, 2.75) is 12.8 Å². The predicted octanol–water partition coefficient (Wildman–Crippen LogP) is 2.91. The Kier molecular flexibility index (Phi) is 2.90. The molecule has 1 aromatic carbocycles. The van der Waals surface area contributed by atoms with Gasteiger partial charge in [-0.25, -0.2) is 4.98 Å². The van der Waals surface area contributed by atoms with E-state index in [4.69, 9.17) is 4.74 Å². The van der Waals surface area contributed by atoms with Gasteiger partial charge in [-0.1, -0.05) is 0 Å². The lowest BCUT2D eigenvalue weighted by molar-refractivity contribution is -0.386. The van der Waals surface area contributed by atoms with Crippen molar-refractivity contribution in [3.8, 4) is 11.6 Å².